The topological polar surface area (TPSA) is 46.2 Å². The fourth-order valence-electron chi connectivity index (χ4n) is 1.99. The van der Waals surface area contributed by atoms with E-state index < -0.39 is 4.08 Å². The molecule has 0 aromatic rings. The van der Waals surface area contributed by atoms with Crippen LogP contribution in [0.3, 0.4) is 0 Å². The minimum Gasteiger partial charge on any atom is -0.285 e. The van der Waals surface area contributed by atoms with Crippen LogP contribution in [-0.4, -0.2) is 21.0 Å². The van der Waals surface area contributed by atoms with E-state index in [0.29, 0.717) is 6.42 Å². The number of nitrogens with one attached hydrogen (secondary N) is 1. The number of rotatable bonds is 9. The Kier molecular flexibility index (Phi) is 8.94. The van der Waals surface area contributed by atoms with E-state index >= 15 is 0 Å². The summed E-state index contributed by atoms with van der Waals surface area (Å²) in [4.78, 5) is 23.6. The van der Waals surface area contributed by atoms with Crippen molar-refractivity contribution in [2.24, 2.45) is 0 Å². The lowest BCUT2D eigenvalue weighted by Gasteiger charge is -2.20. The van der Waals surface area contributed by atoms with Gasteiger partial charge in [0, 0.05) is 12.8 Å². The molecule has 0 bridgehead atoms. The summed E-state index contributed by atoms with van der Waals surface area (Å²) in [6, 6.07) is 0. The van der Waals surface area contributed by atoms with Crippen molar-refractivity contribution in [3.8, 4) is 11.8 Å². The first-order valence-electron chi connectivity index (χ1n) is 7.78. The van der Waals surface area contributed by atoms with Gasteiger partial charge in [-0.3, -0.25) is 14.9 Å². The summed E-state index contributed by atoms with van der Waals surface area (Å²) < 4.78 is -0.720. The largest absolute Gasteiger partial charge is 0.287 e. The van der Waals surface area contributed by atoms with Gasteiger partial charge in [-0.15, -0.1) is 23.6 Å². The molecule has 5 heteroatoms. The van der Waals surface area contributed by atoms with Crippen molar-refractivity contribution >= 4 is 34.7 Å². The number of hydrogen-bond donors (Lipinski definition) is 1. The third kappa shape index (κ3) is 6.36. The molecule has 1 atom stereocenters. The lowest BCUT2D eigenvalue weighted by molar-refractivity contribution is -0.119. The molecule has 1 heterocycles. The first-order valence-corrected chi connectivity index (χ1v) is 9.59. The molecule has 0 spiro atoms. The molecule has 2 amide bonds. The number of unbranched alkanes of at least 4 members (excludes halogenated alkanes) is 5. The molecule has 1 N–H and O–H groups in total. The summed E-state index contributed by atoms with van der Waals surface area (Å²) in [5, 5.41) is 2.17. The Bertz CT molecular complexity index is 414. The molecule has 3 nitrogen and oxygen atoms in total. The van der Waals surface area contributed by atoms with Crippen molar-refractivity contribution in [1.29, 1.82) is 0 Å². The molecular formula is C16H25NO2S2. The Labute approximate surface area is 136 Å². The molecule has 0 aromatic heterocycles. The first-order chi connectivity index (χ1) is 10.1. The van der Waals surface area contributed by atoms with E-state index in [4.69, 9.17) is 0 Å². The monoisotopic (exact) mass is 327 g/mol. The third-order valence-electron chi connectivity index (χ3n) is 3.25. The van der Waals surface area contributed by atoms with Gasteiger partial charge < -0.3 is 0 Å². The van der Waals surface area contributed by atoms with Crippen LogP contribution in [-0.2, 0) is 4.79 Å². The van der Waals surface area contributed by atoms with Crippen LogP contribution in [0.15, 0.2) is 0 Å². The molecule has 1 rings (SSSR count). The maximum absolute atomic E-state index is 12.1. The molecule has 1 unspecified atom stereocenters. The third-order valence-corrected chi connectivity index (χ3v) is 6.09. The van der Waals surface area contributed by atoms with Crippen molar-refractivity contribution in [1.82, 2.24) is 5.32 Å². The predicted octanol–water partition coefficient (Wildman–Crippen LogP) is 4.56. The summed E-state index contributed by atoms with van der Waals surface area (Å²) in [6.07, 6.45) is 8.22. The quantitative estimate of drug-likeness (QED) is 0.498. The smallest absolute Gasteiger partial charge is 0.285 e. The maximum Gasteiger partial charge on any atom is 0.287 e. The summed E-state index contributed by atoms with van der Waals surface area (Å²) in [7, 11) is 0. The van der Waals surface area contributed by atoms with Crippen molar-refractivity contribution in [2.45, 2.75) is 69.3 Å². The SMILES string of the molecule is CCCCCC#CCC1(SCCCCC)SC(=O)NC1=O. The van der Waals surface area contributed by atoms with Gasteiger partial charge in [0.05, 0.1) is 0 Å². The van der Waals surface area contributed by atoms with Crippen LogP contribution in [0.5, 0.6) is 0 Å². The molecule has 1 saturated heterocycles. The van der Waals surface area contributed by atoms with Crippen molar-refractivity contribution in [3.63, 3.8) is 0 Å². The average molecular weight is 328 g/mol. The summed E-state index contributed by atoms with van der Waals surface area (Å²) in [5.41, 5.74) is 0. The highest BCUT2D eigenvalue weighted by molar-refractivity contribution is 8.27. The molecule has 118 valence electrons. The van der Waals surface area contributed by atoms with Gasteiger partial charge in [-0.2, -0.15) is 0 Å². The summed E-state index contributed by atoms with van der Waals surface area (Å²) in [5.74, 6) is 6.98. The lowest BCUT2D eigenvalue weighted by Crippen LogP contribution is -2.33. The minimum atomic E-state index is -0.720. The first kappa shape index (κ1) is 18.4. The number of carbonyl (C=O) groups is 2. The molecule has 0 aliphatic carbocycles. The molecule has 0 aromatic carbocycles. The van der Waals surface area contributed by atoms with Gasteiger partial charge in [-0.05, 0) is 30.4 Å². The number of thioether (sulfide) groups is 2. The predicted molar refractivity (Wildman–Crippen MR) is 92.4 cm³/mol. The van der Waals surface area contributed by atoms with Crippen molar-refractivity contribution in [3.05, 3.63) is 0 Å². The van der Waals surface area contributed by atoms with Gasteiger partial charge >= 0.3 is 0 Å². The molecule has 21 heavy (non-hydrogen) atoms. The van der Waals surface area contributed by atoms with Crippen LogP contribution in [0.4, 0.5) is 4.79 Å². The Morgan fingerprint density at radius 2 is 1.81 bits per heavy atom. The molecule has 1 aliphatic heterocycles. The van der Waals surface area contributed by atoms with Gasteiger partial charge in [0.15, 0.2) is 4.08 Å². The number of hydrogen-bond acceptors (Lipinski definition) is 4. The zero-order valence-corrected chi connectivity index (χ0v) is 14.6. The zero-order valence-electron chi connectivity index (χ0n) is 13.0. The fourth-order valence-corrected chi connectivity index (χ4v) is 4.47. The Balaban J connectivity index is 2.52. The minimum absolute atomic E-state index is 0.179. The van der Waals surface area contributed by atoms with Gasteiger partial charge in [0.25, 0.3) is 11.1 Å². The second kappa shape index (κ2) is 10.2. The Morgan fingerprint density at radius 1 is 1.10 bits per heavy atom. The summed E-state index contributed by atoms with van der Waals surface area (Å²) >= 11 is 2.69. The van der Waals surface area contributed by atoms with Crippen LogP contribution in [0.2, 0.25) is 0 Å². The lowest BCUT2D eigenvalue weighted by atomic mass is 10.2. The molecule has 1 fully saturated rings. The zero-order chi connectivity index (χ0) is 15.6. The average Bonchev–Trinajstić information content (AvgIpc) is 2.74. The van der Waals surface area contributed by atoms with E-state index in [1.807, 2.05) is 0 Å². The van der Waals surface area contributed by atoms with Crippen LogP contribution in [0, 0.1) is 11.8 Å². The second-order valence-corrected chi connectivity index (χ2v) is 8.06. The van der Waals surface area contributed by atoms with E-state index in [9.17, 15) is 9.59 Å². The number of amides is 2. The molecular weight excluding hydrogens is 302 g/mol. The van der Waals surface area contributed by atoms with Crippen LogP contribution < -0.4 is 5.32 Å². The van der Waals surface area contributed by atoms with Crippen molar-refractivity contribution in [2.75, 3.05) is 5.75 Å². The Morgan fingerprint density at radius 3 is 2.43 bits per heavy atom. The molecule has 0 radical (unpaired) electrons. The van der Waals surface area contributed by atoms with E-state index in [2.05, 4.69) is 31.0 Å². The molecule has 1 aliphatic rings. The highest BCUT2D eigenvalue weighted by Gasteiger charge is 2.47. The molecule has 0 saturated carbocycles. The van der Waals surface area contributed by atoms with Gasteiger partial charge in [0.1, 0.15) is 0 Å². The Hall–Kier alpha value is -0.600. The normalized spacial score (nSPS) is 21.0. The maximum atomic E-state index is 12.1. The second-order valence-electron chi connectivity index (χ2n) is 5.14. The standard InChI is InChI=1S/C16H25NO2S2/c1-3-5-7-8-9-10-12-16(20-13-11-6-4-2)14(18)17-15(19)21-16/h3-8,11-13H2,1-2H3,(H,17,18,19). The number of carbonyl (C=O) groups excluding carboxylic acids is 2. The van der Waals surface area contributed by atoms with Crippen LogP contribution in [0.1, 0.15) is 65.2 Å². The van der Waals surface area contributed by atoms with E-state index in [1.54, 1.807) is 11.8 Å². The fraction of sp³-hybridized carbons (Fsp3) is 0.750. The highest BCUT2D eigenvalue weighted by atomic mass is 32.2. The summed E-state index contributed by atoms with van der Waals surface area (Å²) in [6.45, 7) is 4.32. The van der Waals surface area contributed by atoms with Gasteiger partial charge in [0.2, 0.25) is 0 Å². The highest BCUT2D eigenvalue weighted by Crippen LogP contribution is 2.44. The van der Waals surface area contributed by atoms with Gasteiger partial charge in [-0.1, -0.05) is 39.5 Å². The van der Waals surface area contributed by atoms with Crippen molar-refractivity contribution < 1.29 is 9.59 Å². The van der Waals surface area contributed by atoms with Crippen LogP contribution >= 0.6 is 23.5 Å². The van der Waals surface area contributed by atoms with E-state index in [1.165, 1.54) is 12.8 Å². The number of imide groups is 1. The van der Waals surface area contributed by atoms with E-state index in [-0.39, 0.29) is 11.1 Å². The van der Waals surface area contributed by atoms with E-state index in [0.717, 1.165) is 49.6 Å². The van der Waals surface area contributed by atoms with Gasteiger partial charge in [-0.25, -0.2) is 0 Å². The van der Waals surface area contributed by atoms with Crippen LogP contribution in [0.25, 0.3) is 0 Å².